The first-order valence-electron chi connectivity index (χ1n) is 9.22. The van der Waals surface area contributed by atoms with Gasteiger partial charge >= 0.3 is 0 Å². The zero-order valence-corrected chi connectivity index (χ0v) is 15.4. The van der Waals surface area contributed by atoms with Crippen LogP contribution in [0.3, 0.4) is 0 Å². The smallest absolute Gasteiger partial charge is 0.0945 e. The topological polar surface area (TPSA) is 73.2 Å². The van der Waals surface area contributed by atoms with Crippen LogP contribution >= 0.6 is 0 Å². The first kappa shape index (κ1) is 18.1. The number of hydrogen-bond donors (Lipinski definition) is 3. The number of aliphatic hydroxyl groups is 3. The van der Waals surface area contributed by atoms with E-state index < -0.39 is 17.6 Å². The molecule has 0 aromatic rings. The molecule has 0 unspecified atom stereocenters. The van der Waals surface area contributed by atoms with Gasteiger partial charge in [-0.15, -0.1) is 0 Å². The summed E-state index contributed by atoms with van der Waals surface area (Å²) in [5.41, 5.74) is 2.55. The van der Waals surface area contributed by atoms with Crippen molar-refractivity contribution in [3.05, 3.63) is 22.8 Å². The molecule has 136 valence electrons. The van der Waals surface area contributed by atoms with Crippen LogP contribution in [0.5, 0.6) is 0 Å². The molecule has 4 nitrogen and oxygen atoms in total. The largest absolute Gasteiger partial charge is 0.396 e. The summed E-state index contributed by atoms with van der Waals surface area (Å²) in [6.45, 7) is 8.12. The zero-order valence-electron chi connectivity index (χ0n) is 15.4. The molecule has 1 saturated heterocycles. The fourth-order valence-corrected chi connectivity index (χ4v) is 5.05. The van der Waals surface area contributed by atoms with E-state index in [4.69, 9.17) is 4.74 Å². The van der Waals surface area contributed by atoms with E-state index in [0.717, 1.165) is 24.8 Å². The van der Waals surface area contributed by atoms with Crippen molar-refractivity contribution >= 4 is 0 Å². The monoisotopic (exact) mass is 336 g/mol. The first-order valence-corrected chi connectivity index (χ1v) is 9.22. The molecule has 3 aliphatic rings. The van der Waals surface area contributed by atoms with E-state index in [1.165, 1.54) is 11.1 Å². The van der Waals surface area contributed by atoms with Crippen LogP contribution in [0.2, 0.25) is 0 Å². The predicted octanol–water partition coefficient (Wildman–Crippen LogP) is 2.72. The molecule has 2 fully saturated rings. The highest BCUT2D eigenvalue weighted by Gasteiger charge is 2.58. The number of fused-ring (bicyclic) bond motifs is 2. The molecule has 1 aliphatic heterocycles. The molecule has 0 bridgehead atoms. The summed E-state index contributed by atoms with van der Waals surface area (Å²) in [4.78, 5) is 0. The standard InChI is InChI=1S/C20H32O4/c1-12(2)14-7-8-20(11-21)16(23)9-13(3)5-6-17-19(4,24-17)10-15(22)18(14)20/h9,15-18,21-23H,5-8,10-11H2,1-4H3/b13-9+/t15-,16+,17+,18-,19+,20+/m1/s1. The highest BCUT2D eigenvalue weighted by Crippen LogP contribution is 2.55. The van der Waals surface area contributed by atoms with Crippen molar-refractivity contribution < 1.29 is 20.1 Å². The number of ether oxygens (including phenoxy) is 1. The molecular weight excluding hydrogens is 304 g/mol. The van der Waals surface area contributed by atoms with E-state index in [2.05, 4.69) is 20.8 Å². The molecule has 0 spiro atoms. The van der Waals surface area contributed by atoms with Gasteiger partial charge in [-0.1, -0.05) is 22.8 Å². The summed E-state index contributed by atoms with van der Waals surface area (Å²) in [5, 5.41) is 32.3. The van der Waals surface area contributed by atoms with Gasteiger partial charge in [-0.3, -0.25) is 0 Å². The average Bonchev–Trinajstić information content (AvgIpc) is 2.96. The fraction of sp³-hybridized carbons (Fsp3) is 0.800. The average molecular weight is 336 g/mol. The summed E-state index contributed by atoms with van der Waals surface area (Å²) < 4.78 is 5.91. The van der Waals surface area contributed by atoms with Crippen LogP contribution in [0.15, 0.2) is 22.8 Å². The molecule has 1 saturated carbocycles. The van der Waals surface area contributed by atoms with Crippen molar-refractivity contribution in [1.82, 2.24) is 0 Å². The molecule has 4 heteroatoms. The van der Waals surface area contributed by atoms with Gasteiger partial charge in [-0.2, -0.15) is 0 Å². The van der Waals surface area contributed by atoms with Crippen molar-refractivity contribution in [3.8, 4) is 0 Å². The van der Waals surface area contributed by atoms with Crippen molar-refractivity contribution in [3.63, 3.8) is 0 Å². The lowest BCUT2D eigenvalue weighted by molar-refractivity contribution is -0.0588. The third kappa shape index (κ3) is 2.88. The number of hydrogen-bond acceptors (Lipinski definition) is 4. The second-order valence-electron chi connectivity index (χ2n) is 8.58. The van der Waals surface area contributed by atoms with E-state index in [-0.39, 0.29) is 24.2 Å². The lowest BCUT2D eigenvalue weighted by Crippen LogP contribution is -2.47. The molecular formula is C20H32O4. The van der Waals surface area contributed by atoms with Crippen molar-refractivity contribution in [2.75, 3.05) is 6.61 Å². The fourth-order valence-electron chi connectivity index (χ4n) is 5.05. The second-order valence-corrected chi connectivity index (χ2v) is 8.58. The Hall–Kier alpha value is -0.680. The van der Waals surface area contributed by atoms with Gasteiger partial charge in [0.25, 0.3) is 0 Å². The minimum Gasteiger partial charge on any atom is -0.396 e. The van der Waals surface area contributed by atoms with Gasteiger partial charge in [0.05, 0.1) is 30.5 Å². The Morgan fingerprint density at radius 1 is 1.29 bits per heavy atom. The summed E-state index contributed by atoms with van der Waals surface area (Å²) in [5.74, 6) is -0.216. The van der Waals surface area contributed by atoms with E-state index in [1.54, 1.807) is 0 Å². The maximum atomic E-state index is 11.1. The highest BCUT2D eigenvalue weighted by atomic mass is 16.6. The Labute approximate surface area is 145 Å². The minimum absolute atomic E-state index is 0.114. The minimum atomic E-state index is -0.734. The lowest BCUT2D eigenvalue weighted by Gasteiger charge is -2.40. The zero-order chi connectivity index (χ0) is 17.7. The Bertz CT molecular complexity index is 562. The molecule has 2 aliphatic carbocycles. The van der Waals surface area contributed by atoms with Crippen LogP contribution in [-0.2, 0) is 4.74 Å². The molecule has 0 amide bonds. The van der Waals surface area contributed by atoms with Crippen LogP contribution < -0.4 is 0 Å². The quantitative estimate of drug-likeness (QED) is 0.508. The van der Waals surface area contributed by atoms with Crippen molar-refractivity contribution in [1.29, 1.82) is 0 Å². The van der Waals surface area contributed by atoms with E-state index in [9.17, 15) is 15.3 Å². The van der Waals surface area contributed by atoms with Crippen molar-refractivity contribution in [2.24, 2.45) is 11.3 Å². The van der Waals surface area contributed by atoms with Gasteiger partial charge in [0, 0.05) is 17.8 Å². The molecule has 0 aromatic heterocycles. The van der Waals surface area contributed by atoms with Crippen molar-refractivity contribution in [2.45, 2.75) is 83.7 Å². The molecule has 0 aromatic carbocycles. The SMILES string of the molecule is CC(C)=C1CC[C@@]2(CO)[C@H]1[C@H](O)C[C@]1(C)O[C@H]1CC/C(C)=C/[C@@H]2O. The maximum absolute atomic E-state index is 11.1. The Morgan fingerprint density at radius 3 is 2.62 bits per heavy atom. The molecule has 24 heavy (non-hydrogen) atoms. The summed E-state index contributed by atoms with van der Waals surface area (Å²) in [6, 6.07) is 0. The Kier molecular flexibility index (Phi) is 4.71. The molecule has 3 N–H and O–H groups in total. The number of allylic oxidation sites excluding steroid dienone is 2. The molecule has 0 radical (unpaired) electrons. The van der Waals surface area contributed by atoms with E-state index in [0.29, 0.717) is 12.8 Å². The normalized spacial score (nSPS) is 48.0. The van der Waals surface area contributed by atoms with Gasteiger partial charge in [0.1, 0.15) is 0 Å². The Morgan fingerprint density at radius 2 is 2.00 bits per heavy atom. The molecule has 1 heterocycles. The third-order valence-corrected chi connectivity index (χ3v) is 6.66. The molecule has 6 atom stereocenters. The lowest BCUT2D eigenvalue weighted by atomic mass is 9.68. The Balaban J connectivity index is 2.06. The number of epoxide rings is 1. The molecule has 3 rings (SSSR count). The third-order valence-electron chi connectivity index (χ3n) is 6.66. The van der Waals surface area contributed by atoms with Gasteiger partial charge < -0.3 is 20.1 Å². The summed E-state index contributed by atoms with van der Waals surface area (Å²) in [6.07, 6.45) is 4.64. The first-order chi connectivity index (χ1) is 11.2. The van der Waals surface area contributed by atoms with Crippen LogP contribution in [0, 0.1) is 11.3 Å². The highest BCUT2D eigenvalue weighted by molar-refractivity contribution is 5.28. The maximum Gasteiger partial charge on any atom is 0.0945 e. The van der Waals surface area contributed by atoms with Crippen LogP contribution in [-0.4, -0.2) is 45.8 Å². The van der Waals surface area contributed by atoms with Crippen LogP contribution in [0.1, 0.15) is 59.8 Å². The van der Waals surface area contributed by atoms with Gasteiger partial charge in [-0.25, -0.2) is 0 Å². The van der Waals surface area contributed by atoms with Crippen LogP contribution in [0.25, 0.3) is 0 Å². The van der Waals surface area contributed by atoms with Gasteiger partial charge in [-0.05, 0) is 53.4 Å². The second kappa shape index (κ2) is 6.24. The van der Waals surface area contributed by atoms with Gasteiger partial charge in [0.15, 0.2) is 0 Å². The van der Waals surface area contributed by atoms with E-state index >= 15 is 0 Å². The van der Waals surface area contributed by atoms with E-state index in [1.807, 2.05) is 13.0 Å². The number of rotatable bonds is 1. The number of aliphatic hydroxyl groups excluding tert-OH is 3. The van der Waals surface area contributed by atoms with Gasteiger partial charge in [0.2, 0.25) is 0 Å². The summed E-state index contributed by atoms with van der Waals surface area (Å²) >= 11 is 0. The van der Waals surface area contributed by atoms with Crippen LogP contribution in [0.4, 0.5) is 0 Å². The predicted molar refractivity (Wildman–Crippen MR) is 93.5 cm³/mol. The summed E-state index contributed by atoms with van der Waals surface area (Å²) in [7, 11) is 0.